The Morgan fingerprint density at radius 3 is 2.42 bits per heavy atom. The minimum Gasteiger partial charge on any atom is -0.382 e. The van der Waals surface area contributed by atoms with Crippen molar-refractivity contribution in [2.24, 2.45) is 5.84 Å². The van der Waals surface area contributed by atoms with Gasteiger partial charge in [0.15, 0.2) is 0 Å². The number of rotatable bonds is 2. The van der Waals surface area contributed by atoms with Crippen molar-refractivity contribution >= 4 is 28.5 Å². The second-order valence-electron chi connectivity index (χ2n) is 5.04. The molecule has 0 saturated heterocycles. The zero-order chi connectivity index (χ0) is 16.1. The van der Waals surface area contributed by atoms with Gasteiger partial charge in [0, 0.05) is 23.4 Å². The van der Waals surface area contributed by atoms with E-state index in [1.165, 1.54) is 0 Å². The lowest BCUT2D eigenvalue weighted by Gasteiger charge is -2.09. The van der Waals surface area contributed by atoms with E-state index in [1.807, 2.05) is 6.07 Å². The Morgan fingerprint density at radius 2 is 1.83 bits per heavy atom. The molecule has 0 aromatic carbocycles. The summed E-state index contributed by atoms with van der Waals surface area (Å²) < 4.78 is 0. The largest absolute Gasteiger partial charge is 0.382 e. The monoisotopic (exact) mass is 391 g/mol. The van der Waals surface area contributed by atoms with E-state index < -0.39 is 0 Å². The highest BCUT2D eigenvalue weighted by atomic mass is 79.9. The van der Waals surface area contributed by atoms with Crippen molar-refractivity contribution in [3.05, 3.63) is 53.7 Å². The van der Waals surface area contributed by atoms with Gasteiger partial charge in [-0.25, -0.2) is 0 Å². The van der Waals surface area contributed by atoms with E-state index in [0.717, 1.165) is 35.3 Å². The maximum absolute atomic E-state index is 5.84. The Morgan fingerprint density at radius 1 is 1.08 bits per heavy atom. The van der Waals surface area contributed by atoms with Crippen molar-refractivity contribution in [3.8, 4) is 0 Å². The molecule has 1 atom stereocenters. The summed E-state index contributed by atoms with van der Waals surface area (Å²) in [6.45, 7) is 0. The molecule has 6 N–H and O–H groups in total. The zero-order valence-corrected chi connectivity index (χ0v) is 14.5. The summed E-state index contributed by atoms with van der Waals surface area (Å²) >= 11 is 0. The second-order valence-corrected chi connectivity index (χ2v) is 5.04. The molecule has 4 rings (SSSR count). The van der Waals surface area contributed by atoms with Crippen LogP contribution in [-0.4, -0.2) is 30.6 Å². The number of halogens is 1. The molecular formula is C14H18BrN9. The number of hydrazine groups is 1. The third-order valence-corrected chi connectivity index (χ3v) is 3.70. The van der Waals surface area contributed by atoms with Crippen molar-refractivity contribution in [2.75, 3.05) is 11.2 Å². The zero-order valence-electron chi connectivity index (χ0n) is 12.8. The molecule has 3 aromatic heterocycles. The molecule has 0 fully saturated rings. The number of aryl methyl sites for hydroxylation is 1. The van der Waals surface area contributed by atoms with Gasteiger partial charge in [0.05, 0.1) is 24.3 Å². The molecule has 0 spiro atoms. The van der Waals surface area contributed by atoms with Crippen LogP contribution in [0, 0.1) is 0 Å². The summed E-state index contributed by atoms with van der Waals surface area (Å²) in [6, 6.07) is 3.71. The molecule has 3 heterocycles. The van der Waals surface area contributed by atoms with E-state index in [4.69, 9.17) is 11.6 Å². The van der Waals surface area contributed by atoms with Crippen LogP contribution in [0.1, 0.15) is 29.2 Å². The molecule has 0 amide bonds. The van der Waals surface area contributed by atoms with Gasteiger partial charge in [-0.2, -0.15) is 25.5 Å². The third kappa shape index (κ3) is 3.84. The van der Waals surface area contributed by atoms with Crippen LogP contribution in [0.2, 0.25) is 0 Å². The molecular weight excluding hydrogens is 374 g/mol. The van der Waals surface area contributed by atoms with Crippen molar-refractivity contribution in [1.29, 1.82) is 0 Å². The molecule has 0 aliphatic heterocycles. The SMILES string of the molecule is Br.NNc1ccnnc1.Nc1n[nH]c2c1C(c1ccnnc1)CC2. The highest BCUT2D eigenvalue weighted by Crippen LogP contribution is 2.39. The van der Waals surface area contributed by atoms with Gasteiger partial charge in [0.2, 0.25) is 0 Å². The number of aromatic nitrogens is 6. The molecule has 1 unspecified atom stereocenters. The summed E-state index contributed by atoms with van der Waals surface area (Å²) in [5.74, 6) is 5.98. The van der Waals surface area contributed by atoms with Crippen LogP contribution in [0.15, 0.2) is 36.9 Å². The van der Waals surface area contributed by atoms with Gasteiger partial charge in [-0.15, -0.1) is 17.0 Å². The predicted molar refractivity (Wildman–Crippen MR) is 95.4 cm³/mol. The molecule has 9 nitrogen and oxygen atoms in total. The summed E-state index contributed by atoms with van der Waals surface area (Å²) in [5, 5.41) is 21.8. The standard InChI is InChI=1S/C10H11N5.C4H6N4.BrH/c11-10-9-7(1-2-8(9)14-15-10)6-3-4-12-13-5-6;5-8-4-1-2-6-7-3-4;/h3-5,7H,1-2H2,(H3,11,14,15);1-3H,5H2,(H,6,8);1H. The first-order chi connectivity index (χ1) is 11.3. The number of H-pyrrole nitrogens is 1. The summed E-state index contributed by atoms with van der Waals surface area (Å²) in [5.41, 5.74) is 12.5. The Kier molecular flexibility index (Phi) is 6.15. The van der Waals surface area contributed by atoms with E-state index in [9.17, 15) is 0 Å². The lowest BCUT2D eigenvalue weighted by molar-refractivity contribution is 0.763. The highest BCUT2D eigenvalue weighted by molar-refractivity contribution is 8.93. The molecule has 0 radical (unpaired) electrons. The number of nitrogens with two attached hydrogens (primary N) is 2. The molecule has 24 heavy (non-hydrogen) atoms. The van der Waals surface area contributed by atoms with Gasteiger partial charge in [-0.1, -0.05) is 0 Å². The number of hydrogen-bond donors (Lipinski definition) is 4. The summed E-state index contributed by atoms with van der Waals surface area (Å²) in [7, 11) is 0. The number of aromatic amines is 1. The van der Waals surface area contributed by atoms with Crippen LogP contribution < -0.4 is 17.0 Å². The van der Waals surface area contributed by atoms with Gasteiger partial charge in [-0.3, -0.25) is 10.9 Å². The van der Waals surface area contributed by atoms with E-state index in [0.29, 0.717) is 11.7 Å². The van der Waals surface area contributed by atoms with Crippen LogP contribution in [-0.2, 0) is 6.42 Å². The number of nitrogens with one attached hydrogen (secondary N) is 2. The first-order valence-corrected chi connectivity index (χ1v) is 7.12. The van der Waals surface area contributed by atoms with Crippen LogP contribution >= 0.6 is 17.0 Å². The second kappa shape index (κ2) is 8.31. The van der Waals surface area contributed by atoms with Crippen LogP contribution in [0.4, 0.5) is 11.5 Å². The van der Waals surface area contributed by atoms with Crippen LogP contribution in [0.25, 0.3) is 0 Å². The first kappa shape index (κ1) is 17.8. The predicted octanol–water partition coefficient (Wildman–Crippen LogP) is 1.20. The van der Waals surface area contributed by atoms with Crippen molar-refractivity contribution in [3.63, 3.8) is 0 Å². The number of anilines is 2. The maximum atomic E-state index is 5.84. The lowest BCUT2D eigenvalue weighted by Crippen LogP contribution is -2.06. The van der Waals surface area contributed by atoms with Gasteiger partial charge in [0.25, 0.3) is 0 Å². The average Bonchev–Trinajstić information content (AvgIpc) is 3.20. The average molecular weight is 392 g/mol. The Bertz CT molecular complexity index is 747. The summed E-state index contributed by atoms with van der Waals surface area (Å²) in [6.07, 6.45) is 8.69. The van der Waals surface area contributed by atoms with Gasteiger partial charge < -0.3 is 11.2 Å². The molecule has 126 valence electrons. The minimum absolute atomic E-state index is 0. The number of fused-ring (bicyclic) bond motifs is 1. The van der Waals surface area contributed by atoms with Crippen molar-refractivity contribution in [2.45, 2.75) is 18.8 Å². The Balaban J connectivity index is 0.000000199. The van der Waals surface area contributed by atoms with E-state index >= 15 is 0 Å². The fourth-order valence-electron chi connectivity index (χ4n) is 2.63. The van der Waals surface area contributed by atoms with Gasteiger partial charge in [-0.05, 0) is 30.5 Å². The van der Waals surface area contributed by atoms with E-state index in [2.05, 4.69) is 36.0 Å². The fraction of sp³-hybridized carbons (Fsp3) is 0.214. The smallest absolute Gasteiger partial charge is 0.149 e. The van der Waals surface area contributed by atoms with Crippen molar-refractivity contribution < 1.29 is 0 Å². The van der Waals surface area contributed by atoms with Gasteiger partial charge in [0.1, 0.15) is 5.82 Å². The minimum atomic E-state index is 0. The maximum Gasteiger partial charge on any atom is 0.149 e. The first-order valence-electron chi connectivity index (χ1n) is 7.12. The molecule has 0 saturated carbocycles. The molecule has 1 aliphatic rings. The van der Waals surface area contributed by atoms with E-state index in [-0.39, 0.29) is 17.0 Å². The normalized spacial score (nSPS) is 14.8. The van der Waals surface area contributed by atoms with Gasteiger partial charge >= 0.3 is 0 Å². The van der Waals surface area contributed by atoms with Crippen LogP contribution in [0.3, 0.4) is 0 Å². The Labute approximate surface area is 149 Å². The molecule has 0 bridgehead atoms. The Hall–Kier alpha value is -2.59. The third-order valence-electron chi connectivity index (χ3n) is 3.70. The fourth-order valence-corrected chi connectivity index (χ4v) is 2.63. The van der Waals surface area contributed by atoms with E-state index in [1.54, 1.807) is 30.9 Å². The van der Waals surface area contributed by atoms with Crippen molar-refractivity contribution in [1.82, 2.24) is 30.6 Å². The number of nitrogens with zero attached hydrogens (tertiary/aromatic N) is 5. The molecule has 10 heteroatoms. The number of nitrogen functional groups attached to an aromatic ring is 2. The topological polar surface area (TPSA) is 144 Å². The quantitative estimate of drug-likeness (QED) is 0.376. The van der Waals surface area contributed by atoms with Crippen LogP contribution in [0.5, 0.6) is 0 Å². The summed E-state index contributed by atoms with van der Waals surface area (Å²) in [4.78, 5) is 0. The molecule has 1 aliphatic carbocycles. The number of hydrogen-bond acceptors (Lipinski definition) is 8. The molecule has 3 aromatic rings. The highest BCUT2D eigenvalue weighted by Gasteiger charge is 2.28. The lowest BCUT2D eigenvalue weighted by atomic mass is 9.96.